The number of fused-ring (bicyclic) bond motifs is 1. The van der Waals surface area contributed by atoms with Crippen LogP contribution in [0, 0.1) is 12.7 Å². The Kier molecular flexibility index (Phi) is 4.09. The lowest BCUT2D eigenvalue weighted by Crippen LogP contribution is -2.38. The second-order valence-corrected chi connectivity index (χ2v) is 5.13. The topological polar surface area (TPSA) is 56.3 Å². The largest absolute Gasteiger partial charge is 0.394 e. The van der Waals surface area contributed by atoms with Crippen molar-refractivity contribution >= 4 is 16.8 Å². The minimum Gasteiger partial charge on any atom is -0.394 e. The lowest BCUT2D eigenvalue weighted by atomic mass is 10.1. The molecule has 0 aliphatic rings. The van der Waals surface area contributed by atoms with E-state index >= 15 is 0 Å². The van der Waals surface area contributed by atoms with Gasteiger partial charge in [-0.15, -0.1) is 0 Å². The fourth-order valence-electron chi connectivity index (χ4n) is 2.23. The summed E-state index contributed by atoms with van der Waals surface area (Å²) < 4.78 is 13.4. The van der Waals surface area contributed by atoms with Crippen LogP contribution >= 0.6 is 0 Å². The summed E-state index contributed by atoms with van der Waals surface area (Å²) in [5, 5.41) is 9.83. The predicted octanol–water partition coefficient (Wildman–Crippen LogP) is 2.00. The number of carbonyl (C=O) groups is 1. The number of H-pyrrole nitrogens is 1. The zero-order chi connectivity index (χ0) is 14.9. The summed E-state index contributed by atoms with van der Waals surface area (Å²) in [4.78, 5) is 16.9. The minimum atomic E-state index is -0.317. The molecule has 1 heterocycles. The second kappa shape index (κ2) is 5.63. The zero-order valence-corrected chi connectivity index (χ0v) is 11.9. The Morgan fingerprint density at radius 3 is 2.85 bits per heavy atom. The van der Waals surface area contributed by atoms with Gasteiger partial charge in [-0.05, 0) is 37.6 Å². The molecule has 5 heteroatoms. The van der Waals surface area contributed by atoms with Gasteiger partial charge in [-0.25, -0.2) is 4.39 Å². The number of hydrogen-bond acceptors (Lipinski definition) is 2. The fraction of sp³-hybridized carbons (Fsp3) is 0.400. The molecule has 1 unspecified atom stereocenters. The number of rotatable bonds is 4. The molecular formula is C15H19FN2O2. The maximum atomic E-state index is 13.4. The standard InChI is InChI=1S/C15H19FN2O2/c1-9(8-19)18(3)15(20)7-12-10(2)17-14-5-4-11(16)6-13(12)14/h4-6,9,17,19H,7-8H2,1-3H3. The molecule has 0 fully saturated rings. The lowest BCUT2D eigenvalue weighted by molar-refractivity contribution is -0.131. The Balaban J connectivity index is 2.31. The van der Waals surface area contributed by atoms with Gasteiger partial charge in [0.05, 0.1) is 19.1 Å². The van der Waals surface area contributed by atoms with Crippen LogP contribution in [0.4, 0.5) is 4.39 Å². The summed E-state index contributed by atoms with van der Waals surface area (Å²) in [5.41, 5.74) is 2.50. The Bertz CT molecular complexity index is 636. The van der Waals surface area contributed by atoms with Crippen molar-refractivity contribution in [2.75, 3.05) is 13.7 Å². The first kappa shape index (κ1) is 14.5. The van der Waals surface area contributed by atoms with E-state index in [1.54, 1.807) is 20.0 Å². The number of aryl methyl sites for hydroxylation is 1. The molecule has 0 radical (unpaired) electrons. The number of aromatic nitrogens is 1. The van der Waals surface area contributed by atoms with Crippen LogP contribution in [0.1, 0.15) is 18.2 Å². The van der Waals surface area contributed by atoms with E-state index in [1.807, 2.05) is 6.92 Å². The van der Waals surface area contributed by atoms with Crippen molar-refractivity contribution in [2.24, 2.45) is 0 Å². The fourth-order valence-corrected chi connectivity index (χ4v) is 2.23. The van der Waals surface area contributed by atoms with E-state index in [2.05, 4.69) is 4.98 Å². The van der Waals surface area contributed by atoms with Crippen LogP contribution in [0.15, 0.2) is 18.2 Å². The highest BCUT2D eigenvalue weighted by Gasteiger charge is 2.18. The first-order chi connectivity index (χ1) is 9.43. The molecule has 0 aliphatic heterocycles. The number of carbonyl (C=O) groups excluding carboxylic acids is 1. The molecule has 1 amide bonds. The van der Waals surface area contributed by atoms with E-state index in [-0.39, 0.29) is 30.8 Å². The molecule has 0 spiro atoms. The smallest absolute Gasteiger partial charge is 0.227 e. The van der Waals surface area contributed by atoms with Crippen LogP contribution in [0.3, 0.4) is 0 Å². The molecule has 0 bridgehead atoms. The molecule has 1 aromatic carbocycles. The van der Waals surface area contributed by atoms with Crippen LogP contribution in [-0.2, 0) is 11.2 Å². The molecule has 1 atom stereocenters. The van der Waals surface area contributed by atoms with Crippen molar-refractivity contribution < 1.29 is 14.3 Å². The highest BCUT2D eigenvalue weighted by atomic mass is 19.1. The van der Waals surface area contributed by atoms with Crippen molar-refractivity contribution in [1.82, 2.24) is 9.88 Å². The van der Waals surface area contributed by atoms with Crippen molar-refractivity contribution in [1.29, 1.82) is 0 Å². The number of amides is 1. The maximum Gasteiger partial charge on any atom is 0.227 e. The Hall–Kier alpha value is -1.88. The van der Waals surface area contributed by atoms with Gasteiger partial charge in [0.2, 0.25) is 5.91 Å². The van der Waals surface area contributed by atoms with Gasteiger partial charge in [0.15, 0.2) is 0 Å². The van der Waals surface area contributed by atoms with Gasteiger partial charge < -0.3 is 15.0 Å². The van der Waals surface area contributed by atoms with Gasteiger partial charge in [0, 0.05) is 23.6 Å². The van der Waals surface area contributed by atoms with Crippen LogP contribution < -0.4 is 0 Å². The molecule has 0 aliphatic carbocycles. The summed E-state index contributed by atoms with van der Waals surface area (Å²) in [6.45, 7) is 3.57. The van der Waals surface area contributed by atoms with E-state index in [4.69, 9.17) is 5.11 Å². The molecule has 4 nitrogen and oxygen atoms in total. The number of nitrogens with one attached hydrogen (secondary N) is 1. The third-order valence-corrected chi connectivity index (χ3v) is 3.73. The number of hydrogen-bond donors (Lipinski definition) is 2. The van der Waals surface area contributed by atoms with Crippen molar-refractivity contribution in [3.05, 3.63) is 35.3 Å². The van der Waals surface area contributed by atoms with Gasteiger partial charge >= 0.3 is 0 Å². The highest BCUT2D eigenvalue weighted by molar-refractivity contribution is 5.90. The summed E-state index contributed by atoms with van der Waals surface area (Å²) in [5.74, 6) is -0.415. The Morgan fingerprint density at radius 1 is 1.50 bits per heavy atom. The number of aliphatic hydroxyl groups excluding tert-OH is 1. The summed E-state index contributed by atoms with van der Waals surface area (Å²) in [6.07, 6.45) is 0.191. The van der Waals surface area contributed by atoms with Gasteiger partial charge in [-0.1, -0.05) is 0 Å². The number of halogens is 1. The molecule has 20 heavy (non-hydrogen) atoms. The Labute approximate surface area is 117 Å². The third kappa shape index (κ3) is 2.67. The third-order valence-electron chi connectivity index (χ3n) is 3.73. The van der Waals surface area contributed by atoms with E-state index in [0.29, 0.717) is 0 Å². The SMILES string of the molecule is Cc1[nH]c2ccc(F)cc2c1CC(=O)N(C)C(C)CO. The molecule has 2 rings (SSSR count). The van der Waals surface area contributed by atoms with Crippen LogP contribution in [0.25, 0.3) is 10.9 Å². The van der Waals surface area contributed by atoms with Crippen LogP contribution in [-0.4, -0.2) is 40.6 Å². The zero-order valence-electron chi connectivity index (χ0n) is 11.9. The number of aliphatic hydroxyl groups is 1. The monoisotopic (exact) mass is 278 g/mol. The molecular weight excluding hydrogens is 259 g/mol. The molecule has 108 valence electrons. The van der Waals surface area contributed by atoms with Gasteiger partial charge in [0.25, 0.3) is 0 Å². The highest BCUT2D eigenvalue weighted by Crippen LogP contribution is 2.24. The van der Waals surface area contributed by atoms with Crippen LogP contribution in [0.5, 0.6) is 0 Å². The second-order valence-electron chi connectivity index (χ2n) is 5.13. The molecule has 1 aromatic heterocycles. The summed E-state index contributed by atoms with van der Waals surface area (Å²) >= 11 is 0. The summed E-state index contributed by atoms with van der Waals surface area (Å²) in [7, 11) is 1.66. The number of nitrogens with zero attached hydrogens (tertiary/aromatic N) is 1. The van der Waals surface area contributed by atoms with E-state index in [9.17, 15) is 9.18 Å². The van der Waals surface area contributed by atoms with Crippen molar-refractivity contribution in [3.8, 4) is 0 Å². The maximum absolute atomic E-state index is 13.4. The average Bonchev–Trinajstić information content (AvgIpc) is 2.73. The van der Waals surface area contributed by atoms with Crippen molar-refractivity contribution in [2.45, 2.75) is 26.3 Å². The number of aromatic amines is 1. The average molecular weight is 278 g/mol. The van der Waals surface area contributed by atoms with Crippen LogP contribution in [0.2, 0.25) is 0 Å². The van der Waals surface area contributed by atoms with Gasteiger partial charge in [-0.3, -0.25) is 4.79 Å². The number of likely N-dealkylation sites (N-methyl/N-ethyl adjacent to an activating group) is 1. The first-order valence-electron chi connectivity index (χ1n) is 6.57. The minimum absolute atomic E-state index is 0.0796. The van der Waals surface area contributed by atoms with Gasteiger partial charge in [-0.2, -0.15) is 0 Å². The lowest BCUT2D eigenvalue weighted by Gasteiger charge is -2.23. The quantitative estimate of drug-likeness (QED) is 0.898. The molecule has 2 aromatic rings. The van der Waals surface area contributed by atoms with Crippen molar-refractivity contribution in [3.63, 3.8) is 0 Å². The number of benzene rings is 1. The molecule has 0 saturated heterocycles. The van der Waals surface area contributed by atoms with E-state index in [0.717, 1.165) is 22.2 Å². The van der Waals surface area contributed by atoms with E-state index < -0.39 is 0 Å². The predicted molar refractivity (Wildman–Crippen MR) is 76.0 cm³/mol. The van der Waals surface area contributed by atoms with Gasteiger partial charge in [0.1, 0.15) is 5.82 Å². The molecule has 2 N–H and O–H groups in total. The first-order valence-corrected chi connectivity index (χ1v) is 6.57. The normalized spacial score (nSPS) is 12.7. The summed E-state index contributed by atoms with van der Waals surface area (Å²) in [6, 6.07) is 4.27. The molecule has 0 saturated carbocycles. The Morgan fingerprint density at radius 2 is 2.20 bits per heavy atom. The van der Waals surface area contributed by atoms with E-state index in [1.165, 1.54) is 17.0 Å².